The lowest BCUT2D eigenvalue weighted by atomic mass is 10.2. The van der Waals surface area contributed by atoms with Gasteiger partial charge in [-0.3, -0.25) is 0 Å². The summed E-state index contributed by atoms with van der Waals surface area (Å²) in [7, 11) is 2.62. The summed E-state index contributed by atoms with van der Waals surface area (Å²) in [5, 5.41) is 0. The van der Waals surface area contributed by atoms with Gasteiger partial charge in [0.05, 0.1) is 18.7 Å². The van der Waals surface area contributed by atoms with Gasteiger partial charge in [0, 0.05) is 0 Å². The van der Waals surface area contributed by atoms with Crippen molar-refractivity contribution in [3.05, 3.63) is 28.0 Å². The van der Waals surface area contributed by atoms with Crippen LogP contribution in [0.3, 0.4) is 0 Å². The smallest absolute Gasteiger partial charge is 0.341 e. The first-order valence-electron chi connectivity index (χ1n) is 3.71. The number of hydrogen-bond acceptors (Lipinski definition) is 3. The largest absolute Gasteiger partial charge is 0.495 e. The van der Waals surface area contributed by atoms with Gasteiger partial charge in [-0.15, -0.1) is 0 Å². The minimum Gasteiger partial charge on any atom is -0.495 e. The molecule has 0 amide bonds. The Labute approximate surface area is 88.9 Å². The van der Waals surface area contributed by atoms with Crippen molar-refractivity contribution in [2.24, 2.45) is 0 Å². The first kappa shape index (κ1) is 11.0. The zero-order chi connectivity index (χ0) is 10.7. The summed E-state index contributed by atoms with van der Waals surface area (Å²) >= 11 is 3.08. The second-order valence-corrected chi connectivity index (χ2v) is 3.31. The number of carbonyl (C=O) groups is 1. The third kappa shape index (κ3) is 2.04. The Morgan fingerprint density at radius 1 is 1.43 bits per heavy atom. The zero-order valence-corrected chi connectivity index (χ0v) is 9.22. The first-order chi connectivity index (χ1) is 6.60. The molecule has 0 aromatic heterocycles. The summed E-state index contributed by atoms with van der Waals surface area (Å²) in [6.07, 6.45) is 0. The number of ether oxygens (including phenoxy) is 2. The Balaban J connectivity index is 3.32. The highest BCUT2D eigenvalue weighted by atomic mass is 79.9. The van der Waals surface area contributed by atoms with Gasteiger partial charge in [0.2, 0.25) is 0 Å². The van der Waals surface area contributed by atoms with E-state index in [1.807, 2.05) is 0 Å². The number of methoxy groups -OCH3 is 2. The normalized spacial score (nSPS) is 9.71. The molecule has 0 aliphatic carbocycles. The molecular formula is C9H8BrFO3. The summed E-state index contributed by atoms with van der Waals surface area (Å²) < 4.78 is 22.7. The van der Waals surface area contributed by atoms with E-state index >= 15 is 0 Å². The highest BCUT2D eigenvalue weighted by Gasteiger charge is 2.17. The van der Waals surface area contributed by atoms with Crippen molar-refractivity contribution in [3.63, 3.8) is 0 Å². The molecule has 0 heterocycles. The molecule has 5 heteroatoms. The standard InChI is InChI=1S/C9H8BrFO3/c1-13-8-6(9(12)14-2)3-5(11)4-7(8)10/h3-4H,1-2H3. The number of hydrogen-bond donors (Lipinski definition) is 0. The Morgan fingerprint density at radius 3 is 2.57 bits per heavy atom. The average molecular weight is 263 g/mol. The van der Waals surface area contributed by atoms with E-state index in [9.17, 15) is 9.18 Å². The molecule has 0 bridgehead atoms. The van der Waals surface area contributed by atoms with Crippen LogP contribution in [0.4, 0.5) is 4.39 Å². The van der Waals surface area contributed by atoms with E-state index in [-0.39, 0.29) is 11.3 Å². The van der Waals surface area contributed by atoms with Gasteiger partial charge < -0.3 is 9.47 Å². The molecule has 0 aliphatic heterocycles. The second-order valence-electron chi connectivity index (χ2n) is 2.46. The van der Waals surface area contributed by atoms with E-state index in [1.165, 1.54) is 20.3 Å². The molecule has 0 N–H and O–H groups in total. The lowest BCUT2D eigenvalue weighted by Gasteiger charge is -2.08. The molecule has 0 aliphatic rings. The predicted octanol–water partition coefficient (Wildman–Crippen LogP) is 2.38. The fourth-order valence-electron chi connectivity index (χ4n) is 1.03. The van der Waals surface area contributed by atoms with E-state index in [1.54, 1.807) is 0 Å². The molecule has 0 fully saturated rings. The molecule has 1 rings (SSSR count). The minimum absolute atomic E-state index is 0.0573. The summed E-state index contributed by atoms with van der Waals surface area (Å²) in [5.74, 6) is -0.904. The van der Waals surface area contributed by atoms with E-state index in [0.717, 1.165) is 6.07 Å². The maximum absolute atomic E-state index is 12.9. The van der Waals surface area contributed by atoms with Gasteiger partial charge in [0.15, 0.2) is 0 Å². The Kier molecular flexibility index (Phi) is 3.46. The molecule has 0 saturated carbocycles. The van der Waals surface area contributed by atoms with Gasteiger partial charge in [-0.25, -0.2) is 9.18 Å². The minimum atomic E-state index is -0.637. The maximum atomic E-state index is 12.9. The maximum Gasteiger partial charge on any atom is 0.341 e. The Bertz CT molecular complexity index is 365. The molecule has 76 valence electrons. The highest BCUT2D eigenvalue weighted by molar-refractivity contribution is 9.10. The number of halogens is 2. The van der Waals surface area contributed by atoms with E-state index < -0.39 is 11.8 Å². The van der Waals surface area contributed by atoms with Crippen molar-refractivity contribution >= 4 is 21.9 Å². The molecule has 14 heavy (non-hydrogen) atoms. The van der Waals surface area contributed by atoms with Gasteiger partial charge in [-0.1, -0.05) is 0 Å². The van der Waals surface area contributed by atoms with Gasteiger partial charge in [-0.2, -0.15) is 0 Å². The van der Waals surface area contributed by atoms with Crippen LogP contribution in [-0.4, -0.2) is 20.2 Å². The predicted molar refractivity (Wildman–Crippen MR) is 52.0 cm³/mol. The number of carbonyl (C=O) groups excluding carboxylic acids is 1. The second kappa shape index (κ2) is 4.41. The van der Waals surface area contributed by atoms with Crippen molar-refractivity contribution in [1.82, 2.24) is 0 Å². The number of benzene rings is 1. The molecule has 0 unspecified atom stereocenters. The summed E-state index contributed by atoms with van der Waals surface area (Å²) in [6, 6.07) is 2.28. The van der Waals surface area contributed by atoms with Crippen LogP contribution in [0.2, 0.25) is 0 Å². The SMILES string of the molecule is COC(=O)c1cc(F)cc(Br)c1OC. The summed E-state index contributed by atoms with van der Waals surface area (Å²) in [4.78, 5) is 11.2. The molecule has 1 aromatic carbocycles. The third-order valence-corrected chi connectivity index (χ3v) is 2.21. The van der Waals surface area contributed by atoms with Crippen molar-refractivity contribution in [2.75, 3.05) is 14.2 Å². The van der Waals surface area contributed by atoms with Gasteiger partial charge in [0.1, 0.15) is 17.1 Å². The highest BCUT2D eigenvalue weighted by Crippen LogP contribution is 2.30. The fourth-order valence-corrected chi connectivity index (χ4v) is 1.62. The van der Waals surface area contributed by atoms with Crippen molar-refractivity contribution in [2.45, 2.75) is 0 Å². The van der Waals surface area contributed by atoms with Gasteiger partial charge in [0.25, 0.3) is 0 Å². The fraction of sp³-hybridized carbons (Fsp3) is 0.222. The quantitative estimate of drug-likeness (QED) is 0.768. The van der Waals surface area contributed by atoms with Crippen LogP contribution in [0.25, 0.3) is 0 Å². The molecular weight excluding hydrogens is 255 g/mol. The van der Waals surface area contributed by atoms with E-state index in [4.69, 9.17) is 4.74 Å². The first-order valence-corrected chi connectivity index (χ1v) is 4.50. The molecule has 1 aromatic rings. The van der Waals surface area contributed by atoms with Crippen LogP contribution >= 0.6 is 15.9 Å². The van der Waals surface area contributed by atoms with E-state index in [0.29, 0.717) is 4.47 Å². The number of rotatable bonds is 2. The average Bonchev–Trinajstić information content (AvgIpc) is 2.15. The Hall–Kier alpha value is -1.10. The van der Waals surface area contributed by atoms with Crippen LogP contribution in [0.1, 0.15) is 10.4 Å². The summed E-state index contributed by atoms with van der Waals surface area (Å²) in [6.45, 7) is 0. The summed E-state index contributed by atoms with van der Waals surface area (Å²) in [5.41, 5.74) is 0.0573. The van der Waals surface area contributed by atoms with Crippen molar-refractivity contribution in [3.8, 4) is 5.75 Å². The number of esters is 1. The monoisotopic (exact) mass is 262 g/mol. The topological polar surface area (TPSA) is 35.5 Å². The molecule has 0 saturated heterocycles. The van der Waals surface area contributed by atoms with Crippen LogP contribution in [0.15, 0.2) is 16.6 Å². The van der Waals surface area contributed by atoms with Crippen LogP contribution in [-0.2, 0) is 4.74 Å². The van der Waals surface area contributed by atoms with Crippen molar-refractivity contribution in [1.29, 1.82) is 0 Å². The lowest BCUT2D eigenvalue weighted by molar-refractivity contribution is 0.0596. The zero-order valence-electron chi connectivity index (χ0n) is 7.64. The third-order valence-electron chi connectivity index (χ3n) is 1.62. The van der Waals surface area contributed by atoms with Gasteiger partial charge in [-0.05, 0) is 28.1 Å². The van der Waals surface area contributed by atoms with E-state index in [2.05, 4.69) is 20.7 Å². The Morgan fingerprint density at radius 2 is 2.07 bits per heavy atom. The van der Waals surface area contributed by atoms with Gasteiger partial charge >= 0.3 is 5.97 Å². The van der Waals surface area contributed by atoms with Crippen LogP contribution in [0, 0.1) is 5.82 Å². The molecule has 0 atom stereocenters. The van der Waals surface area contributed by atoms with Crippen LogP contribution in [0.5, 0.6) is 5.75 Å². The molecule has 0 spiro atoms. The van der Waals surface area contributed by atoms with Crippen LogP contribution < -0.4 is 4.74 Å². The van der Waals surface area contributed by atoms with Crippen molar-refractivity contribution < 1.29 is 18.7 Å². The lowest BCUT2D eigenvalue weighted by Crippen LogP contribution is -2.05. The molecule has 0 radical (unpaired) electrons. The molecule has 3 nitrogen and oxygen atoms in total.